The van der Waals surface area contributed by atoms with E-state index in [0.29, 0.717) is 35.9 Å². The van der Waals surface area contributed by atoms with Crippen LogP contribution in [0.5, 0.6) is 17.2 Å². The molecule has 1 aliphatic heterocycles. The summed E-state index contributed by atoms with van der Waals surface area (Å²) >= 11 is 0. The van der Waals surface area contributed by atoms with E-state index < -0.39 is 0 Å². The van der Waals surface area contributed by atoms with E-state index in [0.717, 1.165) is 17.5 Å². The molecule has 1 aliphatic rings. The van der Waals surface area contributed by atoms with Crippen molar-refractivity contribution in [2.75, 3.05) is 27.4 Å². The van der Waals surface area contributed by atoms with Gasteiger partial charge in [-0.1, -0.05) is 12.1 Å². The molecule has 0 saturated carbocycles. The van der Waals surface area contributed by atoms with Gasteiger partial charge < -0.3 is 19.1 Å². The maximum atomic E-state index is 12.6. The normalized spacial score (nSPS) is 12.9. The van der Waals surface area contributed by atoms with E-state index in [4.69, 9.17) is 14.2 Å². The van der Waals surface area contributed by atoms with E-state index in [2.05, 4.69) is 0 Å². The van der Waals surface area contributed by atoms with Gasteiger partial charge >= 0.3 is 0 Å². The lowest BCUT2D eigenvalue weighted by molar-refractivity contribution is -0.134. The van der Waals surface area contributed by atoms with Gasteiger partial charge in [-0.25, -0.2) is 0 Å². The van der Waals surface area contributed by atoms with Crippen LogP contribution in [0.3, 0.4) is 0 Å². The second-order valence-corrected chi connectivity index (χ2v) is 6.41. The molecule has 0 aromatic heterocycles. The summed E-state index contributed by atoms with van der Waals surface area (Å²) in [5.41, 5.74) is 2.77. The molecule has 2 aromatic rings. The number of Topliss-reactive ketones (excluding diaryl/α,β-unsaturated/α-hetero) is 1. The third-order valence-corrected chi connectivity index (χ3v) is 4.67. The van der Waals surface area contributed by atoms with Crippen LogP contribution < -0.4 is 14.2 Å². The van der Waals surface area contributed by atoms with Crippen LogP contribution in [0, 0.1) is 0 Å². The Bertz CT molecular complexity index is 862. The highest BCUT2D eigenvalue weighted by molar-refractivity contribution is 5.94. The van der Waals surface area contributed by atoms with Crippen LogP contribution in [0.4, 0.5) is 0 Å². The number of ether oxygens (including phenoxy) is 3. The average Bonchev–Trinajstić information content (AvgIpc) is 2.70. The maximum Gasteiger partial charge on any atom is 0.260 e. The molecule has 3 rings (SSSR count). The summed E-state index contributed by atoms with van der Waals surface area (Å²) in [5.74, 6) is 1.74. The molecular weight excluding hydrogens is 346 g/mol. The van der Waals surface area contributed by atoms with E-state index in [9.17, 15) is 9.59 Å². The number of ketones is 1. The fraction of sp³-hybridized carbons (Fsp3) is 0.333. The number of hydrogen-bond acceptors (Lipinski definition) is 5. The minimum atomic E-state index is -0.0938. The summed E-state index contributed by atoms with van der Waals surface area (Å²) in [6.45, 7) is 2.56. The van der Waals surface area contributed by atoms with Gasteiger partial charge in [0.2, 0.25) is 0 Å². The Balaban J connectivity index is 1.65. The van der Waals surface area contributed by atoms with Gasteiger partial charge in [0, 0.05) is 18.7 Å². The Morgan fingerprint density at radius 2 is 1.74 bits per heavy atom. The lowest BCUT2D eigenvalue weighted by Gasteiger charge is -2.29. The zero-order valence-electron chi connectivity index (χ0n) is 15.8. The van der Waals surface area contributed by atoms with Gasteiger partial charge in [-0.3, -0.25) is 9.59 Å². The highest BCUT2D eigenvalue weighted by atomic mass is 16.5. The number of methoxy groups -OCH3 is 2. The summed E-state index contributed by atoms with van der Waals surface area (Å²) in [6, 6.07) is 10.7. The highest BCUT2D eigenvalue weighted by Gasteiger charge is 2.23. The van der Waals surface area contributed by atoms with Crippen molar-refractivity contribution in [2.24, 2.45) is 0 Å². The molecule has 0 unspecified atom stereocenters. The Labute approximate surface area is 158 Å². The molecule has 0 atom stereocenters. The summed E-state index contributed by atoms with van der Waals surface area (Å²) in [4.78, 5) is 25.8. The SMILES string of the molecule is COc1cc2c(cc1OC)CN(C(=O)COc1cccc(C(C)=O)c1)CC2. The third-order valence-electron chi connectivity index (χ3n) is 4.67. The smallest absolute Gasteiger partial charge is 0.260 e. The van der Waals surface area contributed by atoms with E-state index >= 15 is 0 Å². The van der Waals surface area contributed by atoms with Crippen LogP contribution in [0.25, 0.3) is 0 Å². The van der Waals surface area contributed by atoms with Gasteiger partial charge in [0.1, 0.15) is 5.75 Å². The van der Waals surface area contributed by atoms with E-state index in [1.807, 2.05) is 12.1 Å². The molecule has 6 heteroatoms. The van der Waals surface area contributed by atoms with Crippen molar-refractivity contribution >= 4 is 11.7 Å². The first kappa shape index (κ1) is 18.8. The summed E-state index contributed by atoms with van der Waals surface area (Å²) < 4.78 is 16.3. The predicted molar refractivity (Wildman–Crippen MR) is 101 cm³/mol. The van der Waals surface area contributed by atoms with E-state index in [-0.39, 0.29) is 18.3 Å². The first-order valence-electron chi connectivity index (χ1n) is 8.77. The molecular formula is C21H23NO5. The van der Waals surface area contributed by atoms with Crippen LogP contribution in [0.15, 0.2) is 36.4 Å². The van der Waals surface area contributed by atoms with Gasteiger partial charge in [0.15, 0.2) is 23.9 Å². The minimum absolute atomic E-state index is 0.0382. The molecule has 142 valence electrons. The van der Waals surface area contributed by atoms with Gasteiger partial charge in [0.25, 0.3) is 5.91 Å². The Morgan fingerprint density at radius 1 is 1.04 bits per heavy atom. The lowest BCUT2D eigenvalue weighted by Crippen LogP contribution is -2.38. The molecule has 0 N–H and O–H groups in total. The van der Waals surface area contributed by atoms with Crippen molar-refractivity contribution in [3.8, 4) is 17.2 Å². The Morgan fingerprint density at radius 3 is 2.41 bits per heavy atom. The number of carbonyl (C=O) groups excluding carboxylic acids is 2. The highest BCUT2D eigenvalue weighted by Crippen LogP contribution is 2.33. The number of benzene rings is 2. The average molecular weight is 369 g/mol. The lowest BCUT2D eigenvalue weighted by atomic mass is 9.99. The quantitative estimate of drug-likeness (QED) is 0.733. The number of fused-ring (bicyclic) bond motifs is 1. The Kier molecular flexibility index (Phi) is 5.64. The number of nitrogens with zero attached hydrogens (tertiary/aromatic N) is 1. The minimum Gasteiger partial charge on any atom is -0.493 e. The summed E-state index contributed by atoms with van der Waals surface area (Å²) in [5, 5.41) is 0. The molecule has 27 heavy (non-hydrogen) atoms. The van der Waals surface area contributed by atoms with Gasteiger partial charge in [-0.2, -0.15) is 0 Å². The fourth-order valence-corrected chi connectivity index (χ4v) is 3.14. The molecule has 2 aromatic carbocycles. The molecule has 1 heterocycles. The van der Waals surface area contributed by atoms with Crippen LogP contribution >= 0.6 is 0 Å². The van der Waals surface area contributed by atoms with Crippen molar-refractivity contribution < 1.29 is 23.8 Å². The number of rotatable bonds is 6. The maximum absolute atomic E-state index is 12.6. The van der Waals surface area contributed by atoms with Crippen molar-refractivity contribution in [1.82, 2.24) is 4.90 Å². The number of amides is 1. The first-order valence-corrected chi connectivity index (χ1v) is 8.77. The van der Waals surface area contributed by atoms with Crippen LogP contribution in [0.2, 0.25) is 0 Å². The second kappa shape index (κ2) is 8.12. The zero-order valence-corrected chi connectivity index (χ0v) is 15.8. The van der Waals surface area contributed by atoms with Crippen LogP contribution in [0.1, 0.15) is 28.4 Å². The predicted octanol–water partition coefficient (Wildman–Crippen LogP) is 2.87. The van der Waals surface area contributed by atoms with Crippen molar-refractivity contribution in [2.45, 2.75) is 19.9 Å². The molecule has 0 radical (unpaired) electrons. The summed E-state index contributed by atoms with van der Waals surface area (Å²) in [7, 11) is 3.21. The van der Waals surface area contributed by atoms with Crippen LogP contribution in [-0.2, 0) is 17.8 Å². The van der Waals surface area contributed by atoms with Crippen molar-refractivity contribution in [3.05, 3.63) is 53.1 Å². The number of carbonyl (C=O) groups is 2. The molecule has 6 nitrogen and oxygen atoms in total. The van der Waals surface area contributed by atoms with Gasteiger partial charge in [-0.15, -0.1) is 0 Å². The molecule has 1 amide bonds. The second-order valence-electron chi connectivity index (χ2n) is 6.41. The molecule has 0 spiro atoms. The molecule has 0 saturated heterocycles. The number of hydrogen-bond donors (Lipinski definition) is 0. The van der Waals surface area contributed by atoms with Crippen LogP contribution in [-0.4, -0.2) is 44.0 Å². The topological polar surface area (TPSA) is 65.1 Å². The molecule has 0 aliphatic carbocycles. The zero-order chi connectivity index (χ0) is 19.4. The van der Waals surface area contributed by atoms with Gasteiger partial charge in [0.05, 0.1) is 14.2 Å². The fourth-order valence-electron chi connectivity index (χ4n) is 3.14. The van der Waals surface area contributed by atoms with Crippen molar-refractivity contribution in [1.29, 1.82) is 0 Å². The Hall–Kier alpha value is -3.02. The first-order chi connectivity index (χ1) is 13.0. The molecule has 0 fully saturated rings. The monoisotopic (exact) mass is 369 g/mol. The summed E-state index contributed by atoms with van der Waals surface area (Å²) in [6.07, 6.45) is 0.751. The molecule has 0 bridgehead atoms. The third kappa shape index (κ3) is 4.22. The van der Waals surface area contributed by atoms with E-state index in [1.54, 1.807) is 43.4 Å². The standard InChI is InChI=1S/C21H23NO5/c1-14(23)15-5-4-6-18(9-15)27-13-21(24)22-8-7-16-10-19(25-2)20(26-3)11-17(16)12-22/h4-6,9-11H,7-8,12-13H2,1-3H3. The van der Waals surface area contributed by atoms with Gasteiger partial charge in [-0.05, 0) is 48.7 Å². The largest absolute Gasteiger partial charge is 0.493 e. The van der Waals surface area contributed by atoms with E-state index in [1.165, 1.54) is 6.92 Å². The van der Waals surface area contributed by atoms with Crippen molar-refractivity contribution in [3.63, 3.8) is 0 Å².